The number of carbonyl (C=O) groups is 5. The van der Waals surface area contributed by atoms with E-state index in [4.69, 9.17) is 5.73 Å². The SMILES string of the molecule is CC(C)(C)[C@H](NC(=O)NC1(CS(=O)(=O)C(C)(C)C)CCCCC1)C(=O)N1CC2C(C1C(=O)NC(CC1CC1)C(=O)C(N)=O)C21CCCC1. The Morgan fingerprint density at radius 2 is 1.46 bits per heavy atom. The topological polar surface area (TPSA) is 185 Å². The minimum Gasteiger partial charge on any atom is -0.363 e. The molecule has 5 rings (SSSR count). The molecule has 5 amide bonds. The molecule has 1 saturated heterocycles. The van der Waals surface area contributed by atoms with Gasteiger partial charge in [-0.05, 0) is 81.5 Å². The fraction of sp³-hybridized carbons (Fsp3) is 0.857. The van der Waals surface area contributed by atoms with Crippen LogP contribution in [0.15, 0.2) is 0 Å². The summed E-state index contributed by atoms with van der Waals surface area (Å²) in [5.74, 6) is -2.61. The molecule has 4 saturated carbocycles. The predicted molar refractivity (Wildman–Crippen MR) is 181 cm³/mol. The van der Waals surface area contributed by atoms with E-state index in [9.17, 15) is 32.4 Å². The van der Waals surface area contributed by atoms with E-state index in [-0.39, 0.29) is 28.9 Å². The number of rotatable bonds is 11. The van der Waals surface area contributed by atoms with Crippen molar-refractivity contribution >= 4 is 39.4 Å². The Labute approximate surface area is 285 Å². The maximum Gasteiger partial charge on any atom is 0.315 e. The smallest absolute Gasteiger partial charge is 0.315 e. The molecule has 1 heterocycles. The fourth-order valence-corrected chi connectivity index (χ4v) is 10.4. The third-order valence-electron chi connectivity index (χ3n) is 12.0. The summed E-state index contributed by atoms with van der Waals surface area (Å²) in [6.07, 6.45) is 9.88. The summed E-state index contributed by atoms with van der Waals surface area (Å²) in [6, 6.07) is -3.49. The first kappa shape index (κ1) is 36.6. The van der Waals surface area contributed by atoms with Crippen LogP contribution in [0.25, 0.3) is 0 Å². The Kier molecular flexibility index (Phi) is 9.82. The standard InChI is InChI=1S/C35H57N5O7S/c1-32(2,3)27(38-31(45)39-34(14-8-7-9-15-34)20-48(46,47)33(4,5)6)30(44)40-19-22-24(35(22)16-10-11-17-35)25(40)29(43)37-23(18-21-12-13-21)26(41)28(36)42/h21-25,27H,7-20H2,1-6H3,(H2,36,42)(H,37,43)(H2,38,39,45)/t22?,23?,24?,25?,27-/m1/s1. The first-order chi connectivity index (χ1) is 22.2. The van der Waals surface area contributed by atoms with Gasteiger partial charge in [-0.25, -0.2) is 13.2 Å². The molecular formula is C35H57N5O7S. The van der Waals surface area contributed by atoms with Crippen molar-refractivity contribution < 1.29 is 32.4 Å². The second-order valence-corrected chi connectivity index (χ2v) is 20.3. The number of nitrogens with zero attached hydrogens (tertiary/aromatic N) is 1. The summed E-state index contributed by atoms with van der Waals surface area (Å²) in [6.45, 7) is 10.9. The van der Waals surface area contributed by atoms with Gasteiger partial charge in [0, 0.05) is 6.54 Å². The van der Waals surface area contributed by atoms with Gasteiger partial charge >= 0.3 is 6.03 Å². The molecule has 1 spiro atoms. The normalized spacial score (nSPS) is 27.5. The van der Waals surface area contributed by atoms with Crippen LogP contribution in [0.3, 0.4) is 0 Å². The minimum atomic E-state index is -3.56. The minimum absolute atomic E-state index is 0.00753. The van der Waals surface area contributed by atoms with E-state index in [1.54, 1.807) is 25.7 Å². The lowest BCUT2D eigenvalue weighted by Crippen LogP contribution is -2.64. The van der Waals surface area contributed by atoms with E-state index < -0.39 is 73.2 Å². The van der Waals surface area contributed by atoms with Gasteiger partial charge in [-0.1, -0.05) is 65.7 Å². The summed E-state index contributed by atoms with van der Waals surface area (Å²) >= 11 is 0. The number of amides is 5. The maximum absolute atomic E-state index is 14.5. The van der Waals surface area contributed by atoms with Crippen molar-refractivity contribution in [1.82, 2.24) is 20.9 Å². The van der Waals surface area contributed by atoms with Gasteiger partial charge in [-0.2, -0.15) is 0 Å². The zero-order valence-corrected chi connectivity index (χ0v) is 30.5. The lowest BCUT2D eigenvalue weighted by Gasteiger charge is -2.41. The molecule has 48 heavy (non-hydrogen) atoms. The number of sulfone groups is 1. The molecule has 0 aromatic carbocycles. The van der Waals surface area contributed by atoms with E-state index in [0.717, 1.165) is 57.8 Å². The number of carbonyl (C=O) groups excluding carboxylic acids is 5. The average molecular weight is 692 g/mol. The molecule has 12 nitrogen and oxygen atoms in total. The van der Waals surface area contributed by atoms with Crippen molar-refractivity contribution in [2.75, 3.05) is 12.3 Å². The van der Waals surface area contributed by atoms with Gasteiger partial charge in [0.15, 0.2) is 9.84 Å². The van der Waals surface area contributed by atoms with Crippen molar-refractivity contribution in [3.8, 4) is 0 Å². The summed E-state index contributed by atoms with van der Waals surface area (Å²) < 4.78 is 25.6. The monoisotopic (exact) mass is 691 g/mol. The van der Waals surface area contributed by atoms with Crippen LogP contribution in [-0.2, 0) is 29.0 Å². The van der Waals surface area contributed by atoms with Gasteiger partial charge in [-0.3, -0.25) is 19.2 Å². The number of Topliss-reactive ketones (excluding diaryl/α,β-unsaturated/α-hetero) is 1. The first-order valence-corrected chi connectivity index (χ1v) is 19.6. The zero-order valence-electron chi connectivity index (χ0n) is 29.7. The van der Waals surface area contributed by atoms with Crippen LogP contribution >= 0.6 is 0 Å². The number of fused-ring (bicyclic) bond motifs is 3. The van der Waals surface area contributed by atoms with Crippen LogP contribution in [0.1, 0.15) is 119 Å². The average Bonchev–Trinajstić information content (AvgIpc) is 3.75. The number of piperidine rings is 1. The highest BCUT2D eigenvalue weighted by Gasteiger charge is 2.74. The number of hydrogen-bond acceptors (Lipinski definition) is 7. The van der Waals surface area contributed by atoms with Crippen molar-refractivity contribution in [3.05, 3.63) is 0 Å². The molecule has 1 aliphatic heterocycles. The number of likely N-dealkylation sites (tertiary alicyclic amines) is 1. The van der Waals surface area contributed by atoms with E-state index >= 15 is 0 Å². The Bertz CT molecular complexity index is 1410. The van der Waals surface area contributed by atoms with Crippen LogP contribution in [0.2, 0.25) is 0 Å². The van der Waals surface area contributed by atoms with Gasteiger partial charge in [-0.15, -0.1) is 0 Å². The highest BCUT2D eigenvalue weighted by Crippen LogP contribution is 2.72. The van der Waals surface area contributed by atoms with Crippen LogP contribution in [0, 0.1) is 28.6 Å². The molecule has 0 aromatic rings. The zero-order chi connectivity index (χ0) is 35.4. The molecule has 0 radical (unpaired) electrons. The molecule has 0 aromatic heterocycles. The second kappa shape index (κ2) is 12.9. The van der Waals surface area contributed by atoms with Gasteiger partial charge < -0.3 is 26.6 Å². The van der Waals surface area contributed by atoms with Crippen LogP contribution in [0.5, 0.6) is 0 Å². The predicted octanol–water partition coefficient (Wildman–Crippen LogP) is 2.97. The number of primary amides is 1. The van der Waals surface area contributed by atoms with Crippen molar-refractivity contribution in [2.24, 2.45) is 34.3 Å². The van der Waals surface area contributed by atoms with Gasteiger partial charge in [0.05, 0.1) is 22.1 Å². The van der Waals surface area contributed by atoms with Gasteiger partial charge in [0.1, 0.15) is 12.1 Å². The molecule has 270 valence electrons. The molecule has 4 unspecified atom stereocenters. The Hall–Kier alpha value is -2.70. The summed E-state index contributed by atoms with van der Waals surface area (Å²) in [7, 11) is -3.56. The third kappa shape index (κ3) is 7.26. The quantitative estimate of drug-likeness (QED) is 0.240. The number of nitrogens with two attached hydrogens (primary N) is 1. The Balaban J connectivity index is 1.37. The molecule has 0 bridgehead atoms. The summed E-state index contributed by atoms with van der Waals surface area (Å²) in [4.78, 5) is 68.6. The molecule has 5 aliphatic rings. The van der Waals surface area contributed by atoms with Gasteiger partial charge in [0.2, 0.25) is 17.6 Å². The first-order valence-electron chi connectivity index (χ1n) is 18.0. The molecular weight excluding hydrogens is 634 g/mol. The number of nitrogens with one attached hydrogen (secondary N) is 3. The number of ketones is 1. The Morgan fingerprint density at radius 3 is 1.98 bits per heavy atom. The number of urea groups is 1. The van der Waals surface area contributed by atoms with Crippen LogP contribution in [0.4, 0.5) is 4.79 Å². The summed E-state index contributed by atoms with van der Waals surface area (Å²) in [5.41, 5.74) is 3.64. The van der Waals surface area contributed by atoms with E-state index in [1.807, 2.05) is 20.8 Å². The van der Waals surface area contributed by atoms with E-state index in [1.165, 1.54) is 0 Å². The van der Waals surface area contributed by atoms with Crippen molar-refractivity contribution in [2.45, 2.75) is 147 Å². The molecule has 13 heteroatoms. The van der Waals surface area contributed by atoms with Crippen molar-refractivity contribution in [1.29, 1.82) is 0 Å². The Morgan fingerprint density at radius 1 is 0.875 bits per heavy atom. The van der Waals surface area contributed by atoms with Crippen LogP contribution < -0.4 is 21.7 Å². The second-order valence-electron chi connectivity index (χ2n) is 17.6. The number of hydrogen-bond donors (Lipinski definition) is 4. The van der Waals surface area contributed by atoms with Gasteiger partial charge in [0.25, 0.3) is 5.91 Å². The largest absolute Gasteiger partial charge is 0.363 e. The van der Waals surface area contributed by atoms with E-state index in [2.05, 4.69) is 16.0 Å². The lowest BCUT2D eigenvalue weighted by atomic mass is 9.83. The fourth-order valence-electron chi connectivity index (χ4n) is 8.91. The lowest BCUT2D eigenvalue weighted by molar-refractivity contribution is -0.145. The molecule has 5 atom stereocenters. The van der Waals surface area contributed by atoms with E-state index in [0.29, 0.717) is 25.8 Å². The highest BCUT2D eigenvalue weighted by atomic mass is 32.2. The third-order valence-corrected chi connectivity index (χ3v) is 14.8. The molecule has 5 N–H and O–H groups in total. The van der Waals surface area contributed by atoms with Crippen LogP contribution in [-0.4, -0.2) is 83.6 Å². The summed E-state index contributed by atoms with van der Waals surface area (Å²) in [5, 5.41) is 8.75. The molecule has 4 aliphatic carbocycles. The van der Waals surface area contributed by atoms with Crippen molar-refractivity contribution in [3.63, 3.8) is 0 Å². The highest BCUT2D eigenvalue weighted by molar-refractivity contribution is 7.92. The molecule has 5 fully saturated rings. The maximum atomic E-state index is 14.5.